The van der Waals surface area contributed by atoms with Crippen molar-refractivity contribution < 1.29 is 5.11 Å². The van der Waals surface area contributed by atoms with E-state index in [2.05, 4.69) is 47.9 Å². The van der Waals surface area contributed by atoms with Gasteiger partial charge in [0.15, 0.2) is 0 Å². The Hall–Kier alpha value is -1.36. The van der Waals surface area contributed by atoms with Crippen LogP contribution >= 0.6 is 0 Å². The van der Waals surface area contributed by atoms with Crippen molar-refractivity contribution in [2.24, 2.45) is 5.92 Å². The first-order valence-corrected chi connectivity index (χ1v) is 7.56. The van der Waals surface area contributed by atoms with Crippen molar-refractivity contribution in [2.45, 2.75) is 46.1 Å². The van der Waals surface area contributed by atoms with E-state index >= 15 is 0 Å². The summed E-state index contributed by atoms with van der Waals surface area (Å²) in [5, 5.41) is 13.4. The lowest BCUT2D eigenvalue weighted by molar-refractivity contribution is 0.102. The van der Waals surface area contributed by atoms with Crippen LogP contribution in [0.3, 0.4) is 0 Å². The zero-order valence-corrected chi connectivity index (χ0v) is 12.9. The number of piperidine rings is 1. The van der Waals surface area contributed by atoms with E-state index in [1.54, 1.807) is 6.33 Å². The van der Waals surface area contributed by atoms with Crippen LogP contribution in [0.5, 0.6) is 0 Å². The summed E-state index contributed by atoms with van der Waals surface area (Å²) < 4.78 is 0. The molecule has 2 rings (SSSR count). The number of aliphatic hydroxyl groups is 1. The Morgan fingerprint density at radius 1 is 1.45 bits per heavy atom. The quantitative estimate of drug-likeness (QED) is 0.884. The largest absolute Gasteiger partial charge is 0.391 e. The lowest BCUT2D eigenvalue weighted by atomic mass is 9.95. The standard InChI is InChI=1S/C15H26N4O/c1-5-16-14-13(10(2)3)15(18-9-17-14)19-7-6-11(4)12(20)8-19/h9-12,20H,5-8H2,1-4H3,(H,16,17,18). The monoisotopic (exact) mass is 278 g/mol. The molecule has 1 aliphatic heterocycles. The molecule has 2 heterocycles. The SMILES string of the molecule is CCNc1ncnc(N2CCC(C)C(O)C2)c1C(C)C. The second-order valence-electron chi connectivity index (χ2n) is 5.92. The Morgan fingerprint density at radius 3 is 2.80 bits per heavy atom. The van der Waals surface area contributed by atoms with Gasteiger partial charge in [0.1, 0.15) is 18.0 Å². The molecule has 5 nitrogen and oxygen atoms in total. The third-order valence-corrected chi connectivity index (χ3v) is 4.00. The predicted molar refractivity (Wildman–Crippen MR) is 82.3 cm³/mol. The van der Waals surface area contributed by atoms with Crippen LogP contribution in [0.25, 0.3) is 0 Å². The van der Waals surface area contributed by atoms with Crippen molar-refractivity contribution in [3.05, 3.63) is 11.9 Å². The van der Waals surface area contributed by atoms with Gasteiger partial charge in [-0.25, -0.2) is 9.97 Å². The molecule has 1 saturated heterocycles. The minimum atomic E-state index is -0.277. The van der Waals surface area contributed by atoms with Gasteiger partial charge in [-0.3, -0.25) is 0 Å². The van der Waals surface area contributed by atoms with Gasteiger partial charge in [0.25, 0.3) is 0 Å². The fourth-order valence-corrected chi connectivity index (χ4v) is 2.72. The number of hydrogen-bond acceptors (Lipinski definition) is 5. The van der Waals surface area contributed by atoms with Gasteiger partial charge in [-0.05, 0) is 25.2 Å². The molecule has 2 N–H and O–H groups in total. The predicted octanol–water partition coefficient (Wildman–Crippen LogP) is 2.24. The Kier molecular flexibility index (Phi) is 4.81. The molecule has 0 aromatic carbocycles. The van der Waals surface area contributed by atoms with Gasteiger partial charge in [-0.1, -0.05) is 20.8 Å². The van der Waals surface area contributed by atoms with Crippen molar-refractivity contribution >= 4 is 11.6 Å². The van der Waals surface area contributed by atoms with Crippen LogP contribution in [-0.4, -0.2) is 40.8 Å². The fraction of sp³-hybridized carbons (Fsp3) is 0.733. The number of β-amino-alcohol motifs (C(OH)–C–C–N with tert-alkyl or cyclic N) is 1. The summed E-state index contributed by atoms with van der Waals surface area (Å²) in [7, 11) is 0. The molecule has 5 heteroatoms. The number of anilines is 2. The smallest absolute Gasteiger partial charge is 0.137 e. The van der Waals surface area contributed by atoms with E-state index in [4.69, 9.17) is 0 Å². The molecule has 1 aromatic heterocycles. The van der Waals surface area contributed by atoms with Gasteiger partial charge in [0.05, 0.1) is 6.10 Å². The summed E-state index contributed by atoms with van der Waals surface area (Å²) in [6, 6.07) is 0. The fourth-order valence-electron chi connectivity index (χ4n) is 2.72. The molecular weight excluding hydrogens is 252 g/mol. The molecule has 0 radical (unpaired) electrons. The summed E-state index contributed by atoms with van der Waals surface area (Å²) in [5.74, 6) is 2.60. The average Bonchev–Trinajstić information content (AvgIpc) is 2.42. The Bertz CT molecular complexity index is 449. The molecule has 1 aromatic rings. The van der Waals surface area contributed by atoms with Crippen molar-refractivity contribution in [1.29, 1.82) is 0 Å². The van der Waals surface area contributed by atoms with Crippen molar-refractivity contribution in [2.75, 3.05) is 29.9 Å². The van der Waals surface area contributed by atoms with Crippen LogP contribution in [-0.2, 0) is 0 Å². The molecule has 112 valence electrons. The zero-order chi connectivity index (χ0) is 14.7. The molecule has 1 fully saturated rings. The zero-order valence-electron chi connectivity index (χ0n) is 12.9. The normalized spacial score (nSPS) is 23.2. The lowest BCUT2D eigenvalue weighted by Gasteiger charge is -2.36. The van der Waals surface area contributed by atoms with Crippen LogP contribution < -0.4 is 10.2 Å². The summed E-state index contributed by atoms with van der Waals surface area (Å²) in [5.41, 5.74) is 1.15. The van der Waals surface area contributed by atoms with Gasteiger partial charge in [0, 0.05) is 25.2 Å². The molecule has 0 saturated carbocycles. The van der Waals surface area contributed by atoms with Crippen LogP contribution in [0.2, 0.25) is 0 Å². The molecule has 2 unspecified atom stereocenters. The van der Waals surface area contributed by atoms with E-state index in [1.165, 1.54) is 0 Å². The second kappa shape index (κ2) is 6.39. The average molecular weight is 278 g/mol. The molecule has 20 heavy (non-hydrogen) atoms. The lowest BCUT2D eigenvalue weighted by Crippen LogP contribution is -2.43. The highest BCUT2D eigenvalue weighted by Gasteiger charge is 2.28. The maximum atomic E-state index is 10.1. The van der Waals surface area contributed by atoms with E-state index in [0.29, 0.717) is 18.4 Å². The number of aliphatic hydroxyl groups excluding tert-OH is 1. The highest BCUT2D eigenvalue weighted by molar-refractivity contribution is 5.60. The van der Waals surface area contributed by atoms with Gasteiger partial charge >= 0.3 is 0 Å². The van der Waals surface area contributed by atoms with Crippen molar-refractivity contribution in [3.63, 3.8) is 0 Å². The topological polar surface area (TPSA) is 61.3 Å². The number of aromatic nitrogens is 2. The summed E-state index contributed by atoms with van der Waals surface area (Å²) in [6.07, 6.45) is 2.34. The van der Waals surface area contributed by atoms with Crippen molar-refractivity contribution in [3.8, 4) is 0 Å². The van der Waals surface area contributed by atoms with Crippen LogP contribution in [0, 0.1) is 5.92 Å². The number of rotatable bonds is 4. The summed E-state index contributed by atoms with van der Waals surface area (Å²) in [4.78, 5) is 11.1. The Labute approximate surface area is 121 Å². The van der Waals surface area contributed by atoms with E-state index < -0.39 is 0 Å². The minimum Gasteiger partial charge on any atom is -0.391 e. The third-order valence-electron chi connectivity index (χ3n) is 4.00. The first-order valence-electron chi connectivity index (χ1n) is 7.56. The molecule has 0 spiro atoms. The molecule has 1 aliphatic rings. The molecule has 0 aliphatic carbocycles. The van der Waals surface area contributed by atoms with Gasteiger partial charge in [-0.15, -0.1) is 0 Å². The number of nitrogens with zero attached hydrogens (tertiary/aromatic N) is 3. The van der Waals surface area contributed by atoms with Crippen LogP contribution in [0.4, 0.5) is 11.6 Å². The second-order valence-corrected chi connectivity index (χ2v) is 5.92. The third kappa shape index (κ3) is 3.03. The van der Waals surface area contributed by atoms with Gasteiger partial charge in [-0.2, -0.15) is 0 Å². The van der Waals surface area contributed by atoms with Crippen LogP contribution in [0.15, 0.2) is 6.33 Å². The van der Waals surface area contributed by atoms with Crippen molar-refractivity contribution in [1.82, 2.24) is 9.97 Å². The highest BCUT2D eigenvalue weighted by Crippen LogP contribution is 2.32. The van der Waals surface area contributed by atoms with Gasteiger partial charge in [0.2, 0.25) is 0 Å². The highest BCUT2D eigenvalue weighted by atomic mass is 16.3. The molecule has 2 atom stereocenters. The summed E-state index contributed by atoms with van der Waals surface area (Å²) >= 11 is 0. The maximum absolute atomic E-state index is 10.1. The maximum Gasteiger partial charge on any atom is 0.137 e. The Morgan fingerprint density at radius 2 is 2.20 bits per heavy atom. The van der Waals surface area contributed by atoms with Crippen LogP contribution in [0.1, 0.15) is 45.6 Å². The molecular formula is C15H26N4O. The first kappa shape index (κ1) is 15.0. The van der Waals surface area contributed by atoms with E-state index in [9.17, 15) is 5.11 Å². The number of nitrogens with one attached hydrogen (secondary N) is 1. The number of hydrogen-bond donors (Lipinski definition) is 2. The molecule has 0 amide bonds. The van der Waals surface area contributed by atoms with E-state index in [1.807, 2.05) is 0 Å². The molecule has 0 bridgehead atoms. The minimum absolute atomic E-state index is 0.277. The Balaban J connectivity index is 2.33. The van der Waals surface area contributed by atoms with E-state index in [0.717, 1.165) is 36.7 Å². The summed E-state index contributed by atoms with van der Waals surface area (Å²) in [6.45, 7) is 10.9. The first-order chi connectivity index (χ1) is 9.54. The van der Waals surface area contributed by atoms with E-state index in [-0.39, 0.29) is 6.10 Å². The van der Waals surface area contributed by atoms with Gasteiger partial charge < -0.3 is 15.3 Å².